The van der Waals surface area contributed by atoms with Crippen LogP contribution in [0.25, 0.3) is 0 Å². The third kappa shape index (κ3) is 1.49. The Morgan fingerprint density at radius 2 is 2.07 bits per heavy atom. The van der Waals surface area contributed by atoms with Crippen molar-refractivity contribution in [2.75, 3.05) is 0 Å². The maximum absolute atomic E-state index is 11.6. The molecule has 0 aromatic carbocycles. The van der Waals surface area contributed by atoms with Gasteiger partial charge >= 0.3 is 5.97 Å². The molecular formula is C10H17NO3. The van der Waals surface area contributed by atoms with E-state index in [9.17, 15) is 9.59 Å². The fourth-order valence-corrected chi connectivity index (χ4v) is 2.35. The van der Waals surface area contributed by atoms with Crippen LogP contribution in [0.1, 0.15) is 34.1 Å². The van der Waals surface area contributed by atoms with E-state index >= 15 is 0 Å². The predicted octanol–water partition coefficient (Wildman–Crippen LogP) is 1.11. The Balaban J connectivity index is 3.02. The molecule has 4 nitrogen and oxygen atoms in total. The maximum Gasteiger partial charge on any atom is 0.309 e. The molecule has 1 aliphatic heterocycles. The molecule has 0 aromatic heterocycles. The largest absolute Gasteiger partial charge is 0.481 e. The molecule has 0 saturated carbocycles. The molecule has 1 saturated heterocycles. The topological polar surface area (TPSA) is 57.6 Å². The highest BCUT2D eigenvalue weighted by Crippen LogP contribution is 2.36. The lowest BCUT2D eigenvalue weighted by molar-refractivity contribution is -0.144. The fourth-order valence-electron chi connectivity index (χ4n) is 2.35. The molecule has 1 atom stereocenters. The van der Waals surface area contributed by atoms with Gasteiger partial charge in [0.1, 0.15) is 0 Å². The molecule has 1 unspecified atom stereocenters. The van der Waals surface area contributed by atoms with Crippen molar-refractivity contribution in [3.8, 4) is 0 Å². The second kappa shape index (κ2) is 3.26. The van der Waals surface area contributed by atoms with E-state index < -0.39 is 17.4 Å². The Labute approximate surface area is 83.9 Å². The first-order valence-corrected chi connectivity index (χ1v) is 4.83. The summed E-state index contributed by atoms with van der Waals surface area (Å²) in [5.74, 6) is -1.53. The number of aliphatic carboxylic acids is 1. The second-order valence-corrected chi connectivity index (χ2v) is 4.61. The van der Waals surface area contributed by atoms with E-state index in [0.717, 1.165) is 0 Å². The molecule has 1 N–H and O–H groups in total. The quantitative estimate of drug-likeness (QED) is 0.724. The standard InChI is InChI=1S/C10H17NO3/c1-6(2)11-8(12)5-7(9(13)14)10(11,3)4/h6-7H,5H2,1-4H3,(H,13,14). The molecule has 1 heterocycles. The number of likely N-dealkylation sites (tertiary alicyclic amines) is 1. The highest BCUT2D eigenvalue weighted by molar-refractivity contribution is 5.88. The summed E-state index contributed by atoms with van der Waals surface area (Å²) in [6, 6.07) is 0.0573. The van der Waals surface area contributed by atoms with Gasteiger partial charge < -0.3 is 10.0 Å². The Bertz CT molecular complexity index is 271. The minimum Gasteiger partial charge on any atom is -0.481 e. The summed E-state index contributed by atoms with van der Waals surface area (Å²) in [6.07, 6.45) is 0.126. The van der Waals surface area contributed by atoms with Gasteiger partial charge in [-0.3, -0.25) is 9.59 Å². The number of hydrogen-bond acceptors (Lipinski definition) is 2. The van der Waals surface area contributed by atoms with Gasteiger partial charge in [-0.2, -0.15) is 0 Å². The molecular weight excluding hydrogens is 182 g/mol. The number of hydrogen-bond donors (Lipinski definition) is 1. The molecule has 0 aliphatic carbocycles. The van der Waals surface area contributed by atoms with Gasteiger partial charge in [0.2, 0.25) is 5.91 Å². The van der Waals surface area contributed by atoms with E-state index in [2.05, 4.69) is 0 Å². The molecule has 0 bridgehead atoms. The van der Waals surface area contributed by atoms with Gasteiger partial charge in [0.15, 0.2) is 0 Å². The Morgan fingerprint density at radius 3 is 2.29 bits per heavy atom. The predicted molar refractivity (Wildman–Crippen MR) is 51.8 cm³/mol. The van der Waals surface area contributed by atoms with E-state index in [1.807, 2.05) is 27.7 Å². The summed E-state index contributed by atoms with van der Waals surface area (Å²) in [4.78, 5) is 24.2. The SMILES string of the molecule is CC(C)N1C(=O)CC(C(=O)O)C1(C)C. The van der Waals surface area contributed by atoms with Gasteiger partial charge in [-0.15, -0.1) is 0 Å². The summed E-state index contributed by atoms with van der Waals surface area (Å²) in [6.45, 7) is 7.45. The molecule has 80 valence electrons. The van der Waals surface area contributed by atoms with Crippen molar-refractivity contribution in [1.29, 1.82) is 0 Å². The van der Waals surface area contributed by atoms with Crippen LogP contribution in [0.15, 0.2) is 0 Å². The third-order valence-electron chi connectivity index (χ3n) is 2.94. The highest BCUT2D eigenvalue weighted by atomic mass is 16.4. The van der Waals surface area contributed by atoms with E-state index in [-0.39, 0.29) is 18.4 Å². The van der Waals surface area contributed by atoms with Gasteiger partial charge in [0.05, 0.1) is 11.5 Å². The number of carboxylic acid groups (broad SMARTS) is 1. The normalized spacial score (nSPS) is 25.9. The smallest absolute Gasteiger partial charge is 0.309 e. The fraction of sp³-hybridized carbons (Fsp3) is 0.800. The Hall–Kier alpha value is -1.06. The molecule has 1 rings (SSSR count). The summed E-state index contributed by atoms with van der Waals surface area (Å²) < 4.78 is 0. The lowest BCUT2D eigenvalue weighted by Gasteiger charge is -2.37. The van der Waals surface area contributed by atoms with Crippen molar-refractivity contribution in [3.05, 3.63) is 0 Å². The van der Waals surface area contributed by atoms with Gasteiger partial charge in [-0.05, 0) is 27.7 Å². The molecule has 1 amide bonds. The highest BCUT2D eigenvalue weighted by Gasteiger charge is 2.50. The number of carboxylic acids is 1. The van der Waals surface area contributed by atoms with Crippen LogP contribution in [0.5, 0.6) is 0 Å². The lowest BCUT2D eigenvalue weighted by Crippen LogP contribution is -2.49. The first kappa shape index (κ1) is 11.0. The summed E-state index contributed by atoms with van der Waals surface area (Å²) in [5, 5.41) is 8.99. The van der Waals surface area contributed by atoms with Gasteiger partial charge in [0.25, 0.3) is 0 Å². The minimum atomic E-state index is -0.883. The lowest BCUT2D eigenvalue weighted by atomic mass is 9.88. The molecule has 0 radical (unpaired) electrons. The summed E-state index contributed by atoms with van der Waals surface area (Å²) >= 11 is 0. The number of carbonyl (C=O) groups is 2. The molecule has 1 aliphatic rings. The van der Waals surface area contributed by atoms with Crippen molar-refractivity contribution in [2.24, 2.45) is 5.92 Å². The van der Waals surface area contributed by atoms with Gasteiger partial charge in [-0.1, -0.05) is 0 Å². The van der Waals surface area contributed by atoms with Crippen LogP contribution in [-0.2, 0) is 9.59 Å². The zero-order valence-corrected chi connectivity index (χ0v) is 9.07. The van der Waals surface area contributed by atoms with Crippen LogP contribution >= 0.6 is 0 Å². The van der Waals surface area contributed by atoms with Crippen molar-refractivity contribution < 1.29 is 14.7 Å². The maximum atomic E-state index is 11.6. The average Bonchev–Trinajstić information content (AvgIpc) is 2.20. The minimum absolute atomic E-state index is 0.0573. The second-order valence-electron chi connectivity index (χ2n) is 4.61. The van der Waals surface area contributed by atoms with Crippen molar-refractivity contribution in [3.63, 3.8) is 0 Å². The molecule has 0 aromatic rings. The average molecular weight is 199 g/mol. The Kier molecular flexibility index (Phi) is 2.56. The number of rotatable bonds is 2. The van der Waals surface area contributed by atoms with Crippen LogP contribution in [0.4, 0.5) is 0 Å². The van der Waals surface area contributed by atoms with Gasteiger partial charge in [0, 0.05) is 12.5 Å². The van der Waals surface area contributed by atoms with Crippen molar-refractivity contribution in [1.82, 2.24) is 4.90 Å². The monoisotopic (exact) mass is 199 g/mol. The van der Waals surface area contributed by atoms with E-state index in [4.69, 9.17) is 5.11 Å². The zero-order valence-electron chi connectivity index (χ0n) is 9.07. The zero-order chi connectivity index (χ0) is 11.1. The van der Waals surface area contributed by atoms with E-state index in [1.165, 1.54) is 0 Å². The van der Waals surface area contributed by atoms with Crippen molar-refractivity contribution >= 4 is 11.9 Å². The van der Waals surface area contributed by atoms with Crippen LogP contribution in [0.3, 0.4) is 0 Å². The Morgan fingerprint density at radius 1 is 1.57 bits per heavy atom. The molecule has 1 fully saturated rings. The molecule has 4 heteroatoms. The van der Waals surface area contributed by atoms with Crippen LogP contribution < -0.4 is 0 Å². The number of amides is 1. The third-order valence-corrected chi connectivity index (χ3v) is 2.94. The first-order chi connectivity index (χ1) is 6.28. The summed E-state index contributed by atoms with van der Waals surface area (Å²) in [5.41, 5.74) is -0.572. The number of carbonyl (C=O) groups excluding carboxylic acids is 1. The number of nitrogens with zero attached hydrogens (tertiary/aromatic N) is 1. The molecule has 0 spiro atoms. The van der Waals surface area contributed by atoms with Crippen LogP contribution in [0.2, 0.25) is 0 Å². The van der Waals surface area contributed by atoms with Crippen molar-refractivity contribution in [2.45, 2.75) is 45.7 Å². The van der Waals surface area contributed by atoms with Crippen LogP contribution in [0, 0.1) is 5.92 Å². The summed E-state index contributed by atoms with van der Waals surface area (Å²) in [7, 11) is 0. The molecule has 14 heavy (non-hydrogen) atoms. The first-order valence-electron chi connectivity index (χ1n) is 4.83. The van der Waals surface area contributed by atoms with Gasteiger partial charge in [-0.25, -0.2) is 0 Å². The van der Waals surface area contributed by atoms with E-state index in [0.29, 0.717) is 0 Å². The van der Waals surface area contributed by atoms with E-state index in [1.54, 1.807) is 4.90 Å². The van der Waals surface area contributed by atoms with Crippen LogP contribution in [-0.4, -0.2) is 33.5 Å².